The number of rotatable bonds is 4. The molecule has 1 amide bonds. The first-order valence-electron chi connectivity index (χ1n) is 6.19. The van der Waals surface area contributed by atoms with Crippen LogP contribution >= 0.6 is 0 Å². The van der Waals surface area contributed by atoms with Gasteiger partial charge in [-0.1, -0.05) is 17.9 Å². The summed E-state index contributed by atoms with van der Waals surface area (Å²) in [6.45, 7) is 1.22. The fourth-order valence-electron chi connectivity index (χ4n) is 1.61. The highest BCUT2D eigenvalue weighted by Gasteiger charge is 2.16. The van der Waals surface area contributed by atoms with Gasteiger partial charge in [-0.25, -0.2) is 8.78 Å². The van der Waals surface area contributed by atoms with Crippen molar-refractivity contribution in [3.05, 3.63) is 34.9 Å². The van der Waals surface area contributed by atoms with E-state index in [9.17, 15) is 13.6 Å². The van der Waals surface area contributed by atoms with Gasteiger partial charge >= 0.3 is 0 Å². The Kier molecular flexibility index (Phi) is 6.13. The monoisotopic (exact) mass is 281 g/mol. The van der Waals surface area contributed by atoms with Crippen LogP contribution in [-0.4, -0.2) is 42.5 Å². The maximum atomic E-state index is 12.3. The molecule has 1 rings (SSSR count). The Hall–Kier alpha value is -1.93. The van der Waals surface area contributed by atoms with Crippen LogP contribution in [0.15, 0.2) is 18.2 Å². The van der Waals surface area contributed by atoms with Gasteiger partial charge in [-0.3, -0.25) is 4.79 Å². The van der Waals surface area contributed by atoms with E-state index in [4.69, 9.17) is 5.11 Å². The number of aryl methyl sites for hydroxylation is 1. The number of benzene rings is 1. The van der Waals surface area contributed by atoms with E-state index in [2.05, 4.69) is 11.8 Å². The Balaban J connectivity index is 2.95. The highest BCUT2D eigenvalue weighted by Crippen LogP contribution is 2.12. The predicted molar refractivity (Wildman–Crippen MR) is 72.7 cm³/mol. The highest BCUT2D eigenvalue weighted by atomic mass is 19.3. The van der Waals surface area contributed by atoms with Crippen LogP contribution in [0.4, 0.5) is 8.78 Å². The van der Waals surface area contributed by atoms with Gasteiger partial charge in [-0.15, -0.1) is 0 Å². The molecule has 0 aliphatic rings. The van der Waals surface area contributed by atoms with Crippen molar-refractivity contribution in [1.82, 2.24) is 4.90 Å². The molecule has 3 nitrogen and oxygen atoms in total. The zero-order valence-electron chi connectivity index (χ0n) is 11.5. The summed E-state index contributed by atoms with van der Waals surface area (Å²) in [4.78, 5) is 13.0. The molecule has 0 unspecified atom stereocenters. The summed E-state index contributed by atoms with van der Waals surface area (Å²) in [7, 11) is 1.34. The minimum atomic E-state index is -2.56. The number of nitrogens with zero attached hydrogens (tertiary/aromatic N) is 1. The number of carbonyl (C=O) groups excluding carboxylic acids is 1. The SMILES string of the molecule is Cc1ccc(C(=O)N(C)CC(F)F)cc1C#CCCO. The van der Waals surface area contributed by atoms with Crippen molar-refractivity contribution in [2.24, 2.45) is 0 Å². The first-order chi connectivity index (χ1) is 9.45. The van der Waals surface area contributed by atoms with E-state index in [-0.39, 0.29) is 6.61 Å². The molecular formula is C15H17F2NO2. The number of amides is 1. The zero-order valence-corrected chi connectivity index (χ0v) is 11.5. The van der Waals surface area contributed by atoms with Gasteiger partial charge < -0.3 is 10.0 Å². The molecule has 0 saturated heterocycles. The topological polar surface area (TPSA) is 40.5 Å². The molecule has 0 aromatic heterocycles. The Morgan fingerprint density at radius 1 is 1.45 bits per heavy atom. The molecule has 0 radical (unpaired) electrons. The van der Waals surface area contributed by atoms with Gasteiger partial charge in [0.05, 0.1) is 13.2 Å². The number of aliphatic hydroxyl groups is 1. The second-order valence-corrected chi connectivity index (χ2v) is 4.38. The number of halogens is 2. The standard InChI is InChI=1S/C15H17F2NO2/c1-11-6-7-13(9-12(11)5-3-4-8-19)15(20)18(2)10-14(16)17/h6-7,9,14,19H,4,8,10H2,1-2H3. The van der Waals surface area contributed by atoms with E-state index in [1.807, 2.05) is 6.92 Å². The molecule has 1 aromatic rings. The maximum Gasteiger partial charge on any atom is 0.255 e. The van der Waals surface area contributed by atoms with Gasteiger partial charge in [0.25, 0.3) is 12.3 Å². The smallest absolute Gasteiger partial charge is 0.255 e. The summed E-state index contributed by atoms with van der Waals surface area (Å²) in [5.41, 5.74) is 1.88. The fourth-order valence-corrected chi connectivity index (χ4v) is 1.61. The largest absolute Gasteiger partial charge is 0.395 e. The summed E-state index contributed by atoms with van der Waals surface area (Å²) in [6, 6.07) is 4.91. The molecule has 0 aliphatic carbocycles. The van der Waals surface area contributed by atoms with Crippen LogP contribution in [0.2, 0.25) is 0 Å². The van der Waals surface area contributed by atoms with Gasteiger partial charge in [-0.2, -0.15) is 0 Å². The first-order valence-corrected chi connectivity index (χ1v) is 6.19. The van der Waals surface area contributed by atoms with Gasteiger partial charge in [0.1, 0.15) is 0 Å². The van der Waals surface area contributed by atoms with Gasteiger partial charge in [-0.05, 0) is 24.6 Å². The first kappa shape index (κ1) is 16.1. The number of aliphatic hydroxyl groups excluding tert-OH is 1. The lowest BCUT2D eigenvalue weighted by Gasteiger charge is -2.16. The molecule has 0 heterocycles. The van der Waals surface area contributed by atoms with Crippen molar-refractivity contribution in [3.8, 4) is 11.8 Å². The molecular weight excluding hydrogens is 264 g/mol. The Labute approximate surface area is 117 Å². The van der Waals surface area contributed by atoms with E-state index in [0.717, 1.165) is 10.5 Å². The summed E-state index contributed by atoms with van der Waals surface area (Å²) in [5, 5.41) is 8.68. The van der Waals surface area contributed by atoms with Crippen molar-refractivity contribution < 1.29 is 18.7 Å². The molecule has 5 heteroatoms. The Bertz CT molecular complexity index is 532. The molecule has 0 aliphatic heterocycles. The average Bonchev–Trinajstić information content (AvgIpc) is 2.39. The fraction of sp³-hybridized carbons (Fsp3) is 0.400. The normalized spacial score (nSPS) is 10.1. The van der Waals surface area contributed by atoms with E-state index < -0.39 is 18.9 Å². The van der Waals surface area contributed by atoms with Crippen LogP contribution < -0.4 is 0 Å². The molecule has 0 saturated carbocycles. The van der Waals surface area contributed by atoms with Crippen LogP contribution in [0.1, 0.15) is 27.9 Å². The highest BCUT2D eigenvalue weighted by molar-refractivity contribution is 5.94. The minimum Gasteiger partial charge on any atom is -0.395 e. The van der Waals surface area contributed by atoms with Crippen molar-refractivity contribution >= 4 is 5.91 Å². The van der Waals surface area contributed by atoms with Crippen molar-refractivity contribution in [3.63, 3.8) is 0 Å². The van der Waals surface area contributed by atoms with Crippen molar-refractivity contribution in [1.29, 1.82) is 0 Å². The Morgan fingerprint density at radius 3 is 2.75 bits per heavy atom. The summed E-state index contributed by atoms with van der Waals surface area (Å²) < 4.78 is 24.5. The molecule has 108 valence electrons. The summed E-state index contributed by atoms with van der Waals surface area (Å²) in [6.07, 6.45) is -2.21. The van der Waals surface area contributed by atoms with Crippen molar-refractivity contribution in [2.75, 3.05) is 20.2 Å². The summed E-state index contributed by atoms with van der Waals surface area (Å²) >= 11 is 0. The lowest BCUT2D eigenvalue weighted by molar-refractivity contribution is 0.0620. The minimum absolute atomic E-state index is 0.0260. The molecule has 0 fully saturated rings. The van der Waals surface area contributed by atoms with E-state index in [1.165, 1.54) is 7.05 Å². The van der Waals surface area contributed by atoms with Crippen LogP contribution in [-0.2, 0) is 0 Å². The third-order valence-electron chi connectivity index (χ3n) is 2.70. The molecule has 0 atom stereocenters. The molecule has 1 aromatic carbocycles. The van der Waals surface area contributed by atoms with E-state index in [1.54, 1.807) is 18.2 Å². The molecule has 0 spiro atoms. The Morgan fingerprint density at radius 2 is 2.15 bits per heavy atom. The summed E-state index contributed by atoms with van der Waals surface area (Å²) in [5.74, 6) is 5.17. The molecule has 0 bridgehead atoms. The van der Waals surface area contributed by atoms with Crippen molar-refractivity contribution in [2.45, 2.75) is 19.8 Å². The van der Waals surface area contributed by atoms with E-state index >= 15 is 0 Å². The zero-order chi connectivity index (χ0) is 15.1. The van der Waals surface area contributed by atoms with Gasteiger partial charge in [0.2, 0.25) is 0 Å². The lowest BCUT2D eigenvalue weighted by Crippen LogP contribution is -2.31. The predicted octanol–water partition coefficient (Wildman–Crippen LogP) is 2.07. The molecule has 20 heavy (non-hydrogen) atoms. The number of hydrogen-bond acceptors (Lipinski definition) is 2. The quantitative estimate of drug-likeness (QED) is 0.858. The number of alkyl halides is 2. The van der Waals surface area contributed by atoms with E-state index in [0.29, 0.717) is 17.5 Å². The van der Waals surface area contributed by atoms with Crippen LogP contribution in [0, 0.1) is 18.8 Å². The number of hydrogen-bond donors (Lipinski definition) is 1. The van der Waals surface area contributed by atoms with Crippen LogP contribution in [0.3, 0.4) is 0 Å². The number of carbonyl (C=O) groups is 1. The van der Waals surface area contributed by atoms with Gasteiger partial charge in [0.15, 0.2) is 0 Å². The lowest BCUT2D eigenvalue weighted by atomic mass is 10.0. The third kappa shape index (κ3) is 4.63. The average molecular weight is 281 g/mol. The van der Waals surface area contributed by atoms with Crippen LogP contribution in [0.5, 0.6) is 0 Å². The maximum absolute atomic E-state index is 12.3. The second kappa shape index (κ2) is 7.61. The second-order valence-electron chi connectivity index (χ2n) is 4.38. The third-order valence-corrected chi connectivity index (χ3v) is 2.70. The van der Waals surface area contributed by atoms with Gasteiger partial charge in [0, 0.05) is 24.6 Å². The van der Waals surface area contributed by atoms with Crippen LogP contribution in [0.25, 0.3) is 0 Å². The molecule has 1 N–H and O–H groups in total.